The van der Waals surface area contributed by atoms with Crippen LogP contribution in [0.5, 0.6) is 0 Å². The minimum atomic E-state index is -0.882. The van der Waals surface area contributed by atoms with Crippen molar-refractivity contribution in [3.05, 3.63) is 64.1 Å². The highest BCUT2D eigenvalue weighted by Gasteiger charge is 2.12. The highest BCUT2D eigenvalue weighted by Crippen LogP contribution is 2.30. The van der Waals surface area contributed by atoms with Gasteiger partial charge in [-0.05, 0) is 41.5 Å². The van der Waals surface area contributed by atoms with Crippen LogP contribution in [0.15, 0.2) is 48.5 Å². The van der Waals surface area contributed by atoms with Gasteiger partial charge in [0.05, 0.1) is 16.6 Å². The van der Waals surface area contributed by atoms with Gasteiger partial charge in [-0.3, -0.25) is 4.79 Å². The van der Waals surface area contributed by atoms with Gasteiger partial charge in [-0.2, -0.15) is 0 Å². The SMILES string of the molecule is O=C(O)C/C(=C/c1cccc(Cl)c1)c1nc2ccccc2s1. The monoisotopic (exact) mass is 329 g/mol. The Morgan fingerprint density at radius 3 is 2.77 bits per heavy atom. The van der Waals surface area contributed by atoms with E-state index in [1.165, 1.54) is 11.3 Å². The van der Waals surface area contributed by atoms with Crippen molar-refractivity contribution in [2.45, 2.75) is 6.42 Å². The van der Waals surface area contributed by atoms with Gasteiger partial charge in [0.1, 0.15) is 5.01 Å². The molecule has 0 radical (unpaired) electrons. The molecule has 3 nitrogen and oxygen atoms in total. The van der Waals surface area contributed by atoms with Crippen LogP contribution in [0, 0.1) is 0 Å². The summed E-state index contributed by atoms with van der Waals surface area (Å²) in [4.78, 5) is 15.7. The second-order valence-corrected chi connectivity index (χ2v) is 6.25. The average Bonchev–Trinajstić information content (AvgIpc) is 2.90. The fourth-order valence-electron chi connectivity index (χ4n) is 2.16. The maximum atomic E-state index is 11.2. The molecule has 1 aromatic heterocycles. The Morgan fingerprint density at radius 1 is 1.23 bits per heavy atom. The van der Waals surface area contributed by atoms with Crippen LogP contribution in [0.4, 0.5) is 0 Å². The number of hydrogen-bond donors (Lipinski definition) is 1. The zero-order valence-corrected chi connectivity index (χ0v) is 13.1. The number of aliphatic carboxylic acids is 1. The summed E-state index contributed by atoms with van der Waals surface area (Å²) in [6.07, 6.45) is 1.75. The topological polar surface area (TPSA) is 50.2 Å². The Bertz CT molecular complexity index is 837. The first-order valence-corrected chi connectivity index (χ1v) is 7.85. The van der Waals surface area contributed by atoms with Gasteiger partial charge in [-0.15, -0.1) is 11.3 Å². The molecule has 0 amide bonds. The fraction of sp³-hybridized carbons (Fsp3) is 0.0588. The summed E-state index contributed by atoms with van der Waals surface area (Å²) in [5, 5.41) is 10.5. The van der Waals surface area contributed by atoms with Crippen molar-refractivity contribution in [2.24, 2.45) is 0 Å². The van der Waals surface area contributed by atoms with E-state index in [2.05, 4.69) is 4.98 Å². The maximum Gasteiger partial charge on any atom is 0.307 e. The molecule has 0 atom stereocenters. The molecule has 0 aliphatic heterocycles. The molecule has 0 saturated heterocycles. The smallest absolute Gasteiger partial charge is 0.307 e. The summed E-state index contributed by atoms with van der Waals surface area (Å²) in [5.74, 6) is -0.882. The molecule has 0 saturated carbocycles. The number of thiazole rings is 1. The number of carboxylic acid groups (broad SMARTS) is 1. The number of fused-ring (bicyclic) bond motifs is 1. The highest BCUT2D eigenvalue weighted by atomic mass is 35.5. The van der Waals surface area contributed by atoms with E-state index in [0.29, 0.717) is 10.6 Å². The first-order chi connectivity index (χ1) is 10.6. The quantitative estimate of drug-likeness (QED) is 0.735. The molecule has 2 aromatic carbocycles. The molecule has 110 valence electrons. The van der Waals surface area contributed by atoms with Crippen molar-refractivity contribution in [1.29, 1.82) is 0 Å². The van der Waals surface area contributed by atoms with Crippen LogP contribution in [0.3, 0.4) is 0 Å². The summed E-state index contributed by atoms with van der Waals surface area (Å²) in [6, 6.07) is 15.1. The highest BCUT2D eigenvalue weighted by molar-refractivity contribution is 7.19. The van der Waals surface area contributed by atoms with Crippen LogP contribution in [-0.2, 0) is 4.79 Å². The summed E-state index contributed by atoms with van der Waals surface area (Å²) >= 11 is 7.48. The van der Waals surface area contributed by atoms with Crippen molar-refractivity contribution < 1.29 is 9.90 Å². The summed E-state index contributed by atoms with van der Waals surface area (Å²) < 4.78 is 1.04. The third kappa shape index (κ3) is 3.35. The van der Waals surface area contributed by atoms with Crippen LogP contribution in [-0.4, -0.2) is 16.1 Å². The molecule has 3 aromatic rings. The first kappa shape index (κ1) is 14.8. The van der Waals surface area contributed by atoms with Crippen LogP contribution >= 0.6 is 22.9 Å². The molecule has 0 unspecified atom stereocenters. The van der Waals surface area contributed by atoms with Crippen LogP contribution < -0.4 is 0 Å². The summed E-state index contributed by atoms with van der Waals surface area (Å²) in [5.41, 5.74) is 2.42. The van der Waals surface area contributed by atoms with E-state index in [9.17, 15) is 4.79 Å². The molecule has 22 heavy (non-hydrogen) atoms. The van der Waals surface area contributed by atoms with Crippen molar-refractivity contribution in [1.82, 2.24) is 4.98 Å². The Balaban J connectivity index is 2.07. The van der Waals surface area contributed by atoms with Crippen LogP contribution in [0.2, 0.25) is 5.02 Å². The predicted octanol–water partition coefficient (Wildman–Crippen LogP) is 4.97. The third-order valence-corrected chi connectivity index (χ3v) is 4.45. The lowest BCUT2D eigenvalue weighted by Gasteiger charge is -2.02. The van der Waals surface area contributed by atoms with E-state index in [1.807, 2.05) is 42.5 Å². The number of halogens is 1. The lowest BCUT2D eigenvalue weighted by molar-refractivity contribution is -0.135. The lowest BCUT2D eigenvalue weighted by Crippen LogP contribution is -1.96. The lowest BCUT2D eigenvalue weighted by atomic mass is 10.1. The van der Waals surface area contributed by atoms with E-state index in [4.69, 9.17) is 16.7 Å². The molecule has 0 bridgehead atoms. The average molecular weight is 330 g/mol. The maximum absolute atomic E-state index is 11.2. The number of carbonyl (C=O) groups is 1. The zero-order chi connectivity index (χ0) is 15.5. The second kappa shape index (κ2) is 6.30. The molecule has 3 rings (SSSR count). The molecule has 1 heterocycles. The zero-order valence-electron chi connectivity index (χ0n) is 11.5. The van der Waals surface area contributed by atoms with E-state index < -0.39 is 5.97 Å². The number of aromatic nitrogens is 1. The molecule has 0 aliphatic rings. The number of benzene rings is 2. The molecule has 1 N–H and O–H groups in total. The number of nitrogens with zero attached hydrogens (tertiary/aromatic N) is 1. The number of para-hydroxylation sites is 1. The van der Waals surface area contributed by atoms with E-state index in [-0.39, 0.29) is 6.42 Å². The molecule has 0 spiro atoms. The summed E-state index contributed by atoms with van der Waals surface area (Å²) in [7, 11) is 0. The third-order valence-electron chi connectivity index (χ3n) is 3.10. The van der Waals surface area contributed by atoms with Gasteiger partial charge in [0, 0.05) is 5.02 Å². The minimum Gasteiger partial charge on any atom is -0.481 e. The van der Waals surface area contributed by atoms with E-state index in [0.717, 1.165) is 20.8 Å². The molecular formula is C17H12ClNO2S. The van der Waals surface area contributed by atoms with Crippen molar-refractivity contribution in [2.75, 3.05) is 0 Å². The van der Waals surface area contributed by atoms with Gasteiger partial charge in [0.2, 0.25) is 0 Å². The van der Waals surface area contributed by atoms with Crippen molar-refractivity contribution in [3.63, 3.8) is 0 Å². The van der Waals surface area contributed by atoms with Gasteiger partial charge in [-0.25, -0.2) is 4.98 Å². The molecule has 5 heteroatoms. The molecular weight excluding hydrogens is 318 g/mol. The molecule has 0 fully saturated rings. The van der Waals surface area contributed by atoms with Gasteiger partial charge in [-0.1, -0.05) is 35.9 Å². The number of rotatable bonds is 4. The standard InChI is InChI=1S/C17H12ClNO2S/c18-13-5-3-4-11(9-13)8-12(10-16(20)21)17-19-14-6-1-2-7-15(14)22-17/h1-9H,10H2,(H,20,21)/b12-8-. The predicted molar refractivity (Wildman–Crippen MR) is 91.2 cm³/mol. The molecule has 0 aliphatic carbocycles. The largest absolute Gasteiger partial charge is 0.481 e. The van der Waals surface area contributed by atoms with E-state index in [1.54, 1.807) is 12.1 Å². The Kier molecular flexibility index (Phi) is 4.22. The van der Waals surface area contributed by atoms with Gasteiger partial charge < -0.3 is 5.11 Å². The van der Waals surface area contributed by atoms with E-state index >= 15 is 0 Å². The summed E-state index contributed by atoms with van der Waals surface area (Å²) in [6.45, 7) is 0. The van der Waals surface area contributed by atoms with Crippen LogP contribution in [0.25, 0.3) is 21.9 Å². The van der Waals surface area contributed by atoms with Gasteiger partial charge >= 0.3 is 5.97 Å². The van der Waals surface area contributed by atoms with Gasteiger partial charge in [0.25, 0.3) is 0 Å². The first-order valence-electron chi connectivity index (χ1n) is 6.66. The van der Waals surface area contributed by atoms with Gasteiger partial charge in [0.15, 0.2) is 0 Å². The fourth-order valence-corrected chi connectivity index (χ4v) is 3.34. The Hall–Kier alpha value is -2.17. The van der Waals surface area contributed by atoms with Crippen molar-refractivity contribution in [3.8, 4) is 0 Å². The number of carboxylic acids is 1. The minimum absolute atomic E-state index is 0.0770. The van der Waals surface area contributed by atoms with Crippen LogP contribution in [0.1, 0.15) is 17.0 Å². The number of hydrogen-bond acceptors (Lipinski definition) is 3. The second-order valence-electron chi connectivity index (χ2n) is 4.78. The van der Waals surface area contributed by atoms with Crippen molar-refractivity contribution >= 4 is 50.8 Å². The Morgan fingerprint density at radius 2 is 2.05 bits per heavy atom. The Labute approximate surface area is 136 Å². The normalized spacial score (nSPS) is 11.8.